The zero-order chi connectivity index (χ0) is 28.9. The van der Waals surface area contributed by atoms with E-state index in [-0.39, 0.29) is 18.4 Å². The van der Waals surface area contributed by atoms with Gasteiger partial charge in [0.1, 0.15) is 18.1 Å². The molecule has 0 atom stereocenters. The number of hydrogen-bond acceptors (Lipinski definition) is 7. The van der Waals surface area contributed by atoms with Crippen LogP contribution in [0.5, 0.6) is 5.75 Å². The van der Waals surface area contributed by atoms with Crippen molar-refractivity contribution in [1.82, 2.24) is 10.1 Å². The lowest BCUT2D eigenvalue weighted by Crippen LogP contribution is -2.37. The number of aliphatic carboxylic acids is 1. The van der Waals surface area contributed by atoms with Crippen molar-refractivity contribution in [2.24, 2.45) is 0 Å². The Balaban J connectivity index is 1.53. The maximum atomic E-state index is 13.0. The van der Waals surface area contributed by atoms with Gasteiger partial charge in [0.2, 0.25) is 0 Å². The Bertz CT molecular complexity index is 1490. The third kappa shape index (κ3) is 6.93. The number of rotatable bonds is 10. The minimum atomic E-state index is -4.43. The fourth-order valence-corrected chi connectivity index (χ4v) is 3.69. The van der Waals surface area contributed by atoms with E-state index >= 15 is 0 Å². The molecule has 0 aliphatic carbocycles. The van der Waals surface area contributed by atoms with E-state index in [4.69, 9.17) is 14.5 Å². The van der Waals surface area contributed by atoms with E-state index < -0.39 is 23.3 Å². The number of aromatic nitrogens is 3. The summed E-state index contributed by atoms with van der Waals surface area (Å²) < 4.78 is 51.4. The van der Waals surface area contributed by atoms with E-state index in [9.17, 15) is 23.1 Å². The van der Waals surface area contributed by atoms with Crippen molar-refractivity contribution in [2.75, 3.05) is 11.4 Å². The van der Waals surface area contributed by atoms with Gasteiger partial charge in [0, 0.05) is 18.7 Å². The Hall–Kier alpha value is -4.92. The molecule has 0 saturated carbocycles. The molecule has 0 spiro atoms. The number of pyridine rings is 1. The molecule has 0 aliphatic rings. The molecule has 0 bridgehead atoms. The largest absolute Gasteiger partial charge is 0.478 e. The van der Waals surface area contributed by atoms with Crippen molar-refractivity contribution >= 4 is 11.9 Å². The van der Waals surface area contributed by atoms with E-state index in [0.717, 1.165) is 17.7 Å². The van der Waals surface area contributed by atoms with E-state index in [1.54, 1.807) is 53.7 Å². The van der Waals surface area contributed by atoms with Crippen LogP contribution in [0.1, 0.15) is 30.5 Å². The number of ether oxygens (including phenoxy) is 1. The van der Waals surface area contributed by atoms with Crippen molar-refractivity contribution < 1.29 is 36.9 Å². The van der Waals surface area contributed by atoms with Crippen LogP contribution in [0.3, 0.4) is 0 Å². The molecule has 0 saturated heterocycles. The lowest BCUT2D eigenvalue weighted by atomic mass is 10.1. The lowest BCUT2D eigenvalue weighted by molar-refractivity contribution is -0.586. The summed E-state index contributed by atoms with van der Waals surface area (Å²) in [4.78, 5) is 17.6. The maximum absolute atomic E-state index is 13.0. The van der Waals surface area contributed by atoms with Crippen LogP contribution in [0.15, 0.2) is 77.6 Å². The van der Waals surface area contributed by atoms with Gasteiger partial charge in [0.25, 0.3) is 11.8 Å². The molecule has 206 valence electrons. The first kappa shape index (κ1) is 28.1. The number of hydrogen-bond donors (Lipinski definition) is 1. The summed E-state index contributed by atoms with van der Waals surface area (Å²) in [6.45, 7) is 3.52. The Morgan fingerprint density at radius 3 is 2.25 bits per heavy atom. The van der Waals surface area contributed by atoms with Gasteiger partial charge in [-0.3, -0.25) is 0 Å². The van der Waals surface area contributed by atoms with Crippen molar-refractivity contribution in [3.8, 4) is 23.4 Å². The van der Waals surface area contributed by atoms with Gasteiger partial charge in [-0.25, -0.2) is 4.79 Å². The number of nitrogens with zero attached hydrogens (tertiary/aromatic N) is 5. The normalized spacial score (nSPS) is 11.6. The first-order chi connectivity index (χ1) is 18.9. The molecule has 9 nitrogen and oxygen atoms in total. The van der Waals surface area contributed by atoms with Crippen LogP contribution in [0, 0.1) is 11.5 Å². The summed E-state index contributed by atoms with van der Waals surface area (Å²) in [5, 5.41) is 22.3. The molecule has 2 heterocycles. The Morgan fingerprint density at radius 2 is 1.68 bits per heavy atom. The van der Waals surface area contributed by atoms with Crippen LogP contribution in [0.25, 0.3) is 11.5 Å². The van der Waals surface area contributed by atoms with Gasteiger partial charge < -0.3 is 19.3 Å². The Kier molecular flexibility index (Phi) is 8.04. The highest BCUT2D eigenvalue weighted by Crippen LogP contribution is 2.30. The lowest BCUT2D eigenvalue weighted by Gasteiger charge is -2.22. The minimum Gasteiger partial charge on any atom is -0.478 e. The highest BCUT2D eigenvalue weighted by atomic mass is 19.4. The highest BCUT2D eigenvalue weighted by Gasteiger charge is 2.30. The third-order valence-corrected chi connectivity index (χ3v) is 6.03. The molecule has 0 unspecified atom stereocenters. The van der Waals surface area contributed by atoms with E-state index in [1.807, 2.05) is 6.19 Å². The zero-order valence-electron chi connectivity index (χ0n) is 21.6. The molecule has 40 heavy (non-hydrogen) atoms. The Labute approximate surface area is 227 Å². The molecule has 0 aliphatic heterocycles. The van der Waals surface area contributed by atoms with Gasteiger partial charge in [0.05, 0.1) is 5.56 Å². The number of benzene rings is 2. The molecule has 2 aromatic heterocycles. The molecular formula is C28H25F3N5O4+. The highest BCUT2D eigenvalue weighted by molar-refractivity contribution is 5.76. The van der Waals surface area contributed by atoms with Crippen molar-refractivity contribution in [2.45, 2.75) is 38.6 Å². The number of carboxylic acids is 1. The van der Waals surface area contributed by atoms with Gasteiger partial charge in [0.15, 0.2) is 10.9 Å². The summed E-state index contributed by atoms with van der Waals surface area (Å²) >= 11 is 0. The number of carboxylic acid groups (broad SMARTS) is 1. The fraction of sp³-hybridized carbons (Fsp3) is 0.250. The molecule has 0 fully saturated rings. The number of carbonyl (C=O) groups is 1. The quantitative estimate of drug-likeness (QED) is 0.277. The predicted octanol–water partition coefficient (Wildman–Crippen LogP) is 4.86. The molecule has 2 aromatic carbocycles. The van der Waals surface area contributed by atoms with Gasteiger partial charge in [-0.05, 0) is 73.0 Å². The second-order valence-corrected chi connectivity index (χ2v) is 9.42. The standard InChI is InChI=1S/C28H24F3N5O4/c1-27(2,25(37)38)39-23-9-5-19(6-10-23)11-16-36(17-20-3-7-22(8-4-20)28(29,30)31)26-33-24(40-34-26)21-12-14-35(18-32)15-13-21/h3-10,12-15H,11,16-17H2,1-2H3/p+1. The van der Waals surface area contributed by atoms with E-state index in [1.165, 1.54) is 30.5 Å². The first-order valence-corrected chi connectivity index (χ1v) is 12.1. The topological polar surface area (TPSA) is 116 Å². The molecule has 12 heteroatoms. The summed E-state index contributed by atoms with van der Waals surface area (Å²) in [5.74, 6) is -0.217. The predicted molar refractivity (Wildman–Crippen MR) is 136 cm³/mol. The van der Waals surface area contributed by atoms with E-state index in [2.05, 4.69) is 10.1 Å². The molecule has 1 N–H and O–H groups in total. The van der Waals surface area contributed by atoms with Crippen LogP contribution in [0.4, 0.5) is 19.1 Å². The summed E-state index contributed by atoms with van der Waals surface area (Å²) in [6, 6.07) is 15.1. The molecule has 4 aromatic rings. The third-order valence-electron chi connectivity index (χ3n) is 6.03. The smallest absolute Gasteiger partial charge is 0.463 e. The van der Waals surface area contributed by atoms with Crippen LogP contribution in [-0.4, -0.2) is 33.4 Å². The van der Waals surface area contributed by atoms with Gasteiger partial charge in [-0.15, -0.1) is 4.57 Å². The number of halogens is 3. The average Bonchev–Trinajstić information content (AvgIpc) is 3.42. The minimum absolute atomic E-state index is 0.217. The monoisotopic (exact) mass is 552 g/mol. The van der Waals surface area contributed by atoms with Gasteiger partial charge >= 0.3 is 18.3 Å². The maximum Gasteiger partial charge on any atom is 0.463 e. The molecule has 0 amide bonds. The van der Waals surface area contributed by atoms with Gasteiger partial charge in [-0.1, -0.05) is 24.3 Å². The first-order valence-electron chi connectivity index (χ1n) is 12.1. The van der Waals surface area contributed by atoms with Crippen LogP contribution in [0.2, 0.25) is 0 Å². The summed E-state index contributed by atoms with van der Waals surface area (Å²) in [7, 11) is 0. The molecular weight excluding hydrogens is 527 g/mol. The summed E-state index contributed by atoms with van der Waals surface area (Å²) in [5.41, 5.74) is 0.0000320. The number of nitriles is 1. The molecule has 4 rings (SSSR count). The number of alkyl halides is 3. The average molecular weight is 553 g/mol. The van der Waals surface area contributed by atoms with Crippen molar-refractivity contribution in [1.29, 1.82) is 5.26 Å². The second kappa shape index (κ2) is 11.4. The van der Waals surface area contributed by atoms with E-state index in [0.29, 0.717) is 29.8 Å². The number of anilines is 1. The van der Waals surface area contributed by atoms with Crippen LogP contribution >= 0.6 is 0 Å². The fourth-order valence-electron chi connectivity index (χ4n) is 3.69. The SMILES string of the molecule is CC(C)(Oc1ccc(CCN(Cc2ccc(C(F)(F)F)cc2)c2noc(-c3cc[n+](C#N)cc3)n2)cc1)C(=O)O. The summed E-state index contributed by atoms with van der Waals surface area (Å²) in [6.07, 6.45) is 1.13. The second-order valence-electron chi connectivity index (χ2n) is 9.42. The van der Waals surface area contributed by atoms with Crippen LogP contribution < -0.4 is 14.2 Å². The van der Waals surface area contributed by atoms with Crippen molar-refractivity contribution in [3.05, 3.63) is 89.7 Å². The Morgan fingerprint density at radius 1 is 1.05 bits per heavy atom. The van der Waals surface area contributed by atoms with Gasteiger partial charge in [-0.2, -0.15) is 18.2 Å². The zero-order valence-corrected chi connectivity index (χ0v) is 21.6. The molecule has 0 radical (unpaired) electrons. The van der Waals surface area contributed by atoms with Crippen molar-refractivity contribution in [3.63, 3.8) is 0 Å². The van der Waals surface area contributed by atoms with Crippen LogP contribution in [-0.2, 0) is 23.9 Å².